The van der Waals surface area contributed by atoms with Gasteiger partial charge in [-0.25, -0.2) is 4.39 Å². The van der Waals surface area contributed by atoms with Gasteiger partial charge in [0.1, 0.15) is 5.82 Å². The van der Waals surface area contributed by atoms with E-state index in [1.165, 1.54) is 24.3 Å². The molecule has 1 aliphatic rings. The quantitative estimate of drug-likeness (QED) is 0.664. The highest BCUT2D eigenvalue weighted by molar-refractivity contribution is 5.94. The Labute approximate surface area is 180 Å². The number of hydrogen-bond donors (Lipinski definition) is 1. The Morgan fingerprint density at radius 1 is 0.968 bits per heavy atom. The fraction of sp³-hybridized carbons (Fsp3) is 0.261. The summed E-state index contributed by atoms with van der Waals surface area (Å²) < 4.78 is 14.8. The average Bonchev–Trinajstić information content (AvgIpc) is 3.29. The third-order valence-corrected chi connectivity index (χ3v) is 5.26. The van der Waals surface area contributed by atoms with Crippen LogP contribution in [0.2, 0.25) is 0 Å². The summed E-state index contributed by atoms with van der Waals surface area (Å²) >= 11 is 0. The van der Waals surface area contributed by atoms with Gasteiger partial charge in [-0.1, -0.05) is 12.1 Å². The molecule has 31 heavy (non-hydrogen) atoms. The van der Waals surface area contributed by atoms with Crippen LogP contribution >= 0.6 is 0 Å². The lowest BCUT2D eigenvalue weighted by molar-refractivity contribution is -0.117. The Morgan fingerprint density at radius 3 is 2.32 bits per heavy atom. The van der Waals surface area contributed by atoms with E-state index in [1.54, 1.807) is 6.20 Å². The fourth-order valence-electron chi connectivity index (χ4n) is 3.56. The molecule has 2 heterocycles. The molecule has 1 aromatic heterocycles. The molecule has 160 valence electrons. The van der Waals surface area contributed by atoms with E-state index in [4.69, 9.17) is 0 Å². The molecule has 2 aromatic carbocycles. The van der Waals surface area contributed by atoms with Crippen LogP contribution in [0.3, 0.4) is 0 Å². The third kappa shape index (κ3) is 5.55. The normalized spacial score (nSPS) is 14.4. The molecule has 1 N–H and O–H groups in total. The number of anilines is 1. The van der Waals surface area contributed by atoms with Gasteiger partial charge >= 0.3 is 0 Å². The van der Waals surface area contributed by atoms with E-state index < -0.39 is 0 Å². The number of halogens is 1. The van der Waals surface area contributed by atoms with E-state index in [0.717, 1.165) is 5.56 Å². The first kappa shape index (κ1) is 20.7. The Hall–Kier alpha value is -3.52. The lowest BCUT2D eigenvalue weighted by Gasteiger charge is -2.34. The minimum absolute atomic E-state index is 0.000975. The zero-order valence-electron chi connectivity index (χ0n) is 17.1. The van der Waals surface area contributed by atoms with Crippen LogP contribution in [0.5, 0.6) is 0 Å². The van der Waals surface area contributed by atoms with E-state index in [-0.39, 0.29) is 24.2 Å². The van der Waals surface area contributed by atoms with E-state index in [9.17, 15) is 14.0 Å². The standard InChI is InChI=1S/C23H24FN5O2/c24-20-6-8-21(9-7-20)26-22(30)17-27-12-14-28(15-13-27)23(31)19-4-2-18(3-5-19)16-29-11-1-10-25-29/h1-11H,12-17H2,(H,26,30). The fourth-order valence-corrected chi connectivity index (χ4v) is 3.56. The average molecular weight is 421 g/mol. The van der Waals surface area contributed by atoms with Crippen LogP contribution in [-0.2, 0) is 11.3 Å². The number of piperazine rings is 1. The molecule has 7 nitrogen and oxygen atoms in total. The summed E-state index contributed by atoms with van der Waals surface area (Å²) in [6.07, 6.45) is 3.64. The molecule has 0 unspecified atom stereocenters. The lowest BCUT2D eigenvalue weighted by atomic mass is 10.1. The van der Waals surface area contributed by atoms with E-state index in [0.29, 0.717) is 44.0 Å². The second-order valence-electron chi connectivity index (χ2n) is 7.52. The molecular weight excluding hydrogens is 397 g/mol. The van der Waals surface area contributed by atoms with Crippen molar-refractivity contribution >= 4 is 17.5 Å². The van der Waals surface area contributed by atoms with Crippen molar-refractivity contribution in [1.82, 2.24) is 19.6 Å². The number of benzene rings is 2. The van der Waals surface area contributed by atoms with Crippen molar-refractivity contribution in [1.29, 1.82) is 0 Å². The summed E-state index contributed by atoms with van der Waals surface area (Å²) in [5.74, 6) is -0.494. The summed E-state index contributed by atoms with van der Waals surface area (Å²) in [7, 11) is 0. The molecule has 0 aliphatic carbocycles. The number of rotatable bonds is 6. The van der Waals surface area contributed by atoms with Crippen molar-refractivity contribution in [2.75, 3.05) is 38.0 Å². The molecule has 3 aromatic rings. The van der Waals surface area contributed by atoms with Crippen LogP contribution in [0.1, 0.15) is 15.9 Å². The van der Waals surface area contributed by atoms with Gasteiger partial charge in [0.05, 0.1) is 13.1 Å². The van der Waals surface area contributed by atoms with Crippen LogP contribution < -0.4 is 5.32 Å². The first-order valence-electron chi connectivity index (χ1n) is 10.2. The van der Waals surface area contributed by atoms with Gasteiger partial charge in [0, 0.05) is 49.8 Å². The maximum Gasteiger partial charge on any atom is 0.253 e. The van der Waals surface area contributed by atoms with Crippen molar-refractivity contribution in [2.45, 2.75) is 6.54 Å². The maximum atomic E-state index is 13.0. The second-order valence-corrected chi connectivity index (χ2v) is 7.52. The molecule has 1 fully saturated rings. The number of aromatic nitrogens is 2. The van der Waals surface area contributed by atoms with Crippen LogP contribution in [0, 0.1) is 5.82 Å². The minimum Gasteiger partial charge on any atom is -0.336 e. The highest BCUT2D eigenvalue weighted by Crippen LogP contribution is 2.12. The smallest absolute Gasteiger partial charge is 0.253 e. The highest BCUT2D eigenvalue weighted by Gasteiger charge is 2.23. The molecular formula is C23H24FN5O2. The largest absolute Gasteiger partial charge is 0.336 e. The number of nitrogens with zero attached hydrogens (tertiary/aromatic N) is 4. The van der Waals surface area contributed by atoms with Crippen LogP contribution in [-0.4, -0.2) is 64.1 Å². The predicted molar refractivity (Wildman–Crippen MR) is 115 cm³/mol. The van der Waals surface area contributed by atoms with Gasteiger partial charge in [-0.3, -0.25) is 19.2 Å². The molecule has 2 amide bonds. The summed E-state index contributed by atoms with van der Waals surface area (Å²) in [5, 5.41) is 6.95. The Balaban J connectivity index is 1.24. The van der Waals surface area contributed by atoms with Gasteiger partial charge in [0.15, 0.2) is 0 Å². The van der Waals surface area contributed by atoms with E-state index >= 15 is 0 Å². The summed E-state index contributed by atoms with van der Waals surface area (Å²) in [5.41, 5.74) is 2.31. The predicted octanol–water partition coefficient (Wildman–Crippen LogP) is 2.47. The molecule has 1 saturated heterocycles. The van der Waals surface area contributed by atoms with Crippen molar-refractivity contribution < 1.29 is 14.0 Å². The first-order valence-corrected chi connectivity index (χ1v) is 10.2. The van der Waals surface area contributed by atoms with Crippen LogP contribution in [0.25, 0.3) is 0 Å². The lowest BCUT2D eigenvalue weighted by Crippen LogP contribution is -2.50. The topological polar surface area (TPSA) is 70.5 Å². The van der Waals surface area contributed by atoms with Gasteiger partial charge in [-0.15, -0.1) is 0 Å². The number of carbonyl (C=O) groups excluding carboxylic acids is 2. The van der Waals surface area contributed by atoms with Gasteiger partial charge < -0.3 is 10.2 Å². The SMILES string of the molecule is O=C(CN1CCN(C(=O)c2ccc(Cn3cccn3)cc2)CC1)Nc1ccc(F)cc1. The van der Waals surface area contributed by atoms with Crippen molar-refractivity contribution in [2.24, 2.45) is 0 Å². The molecule has 0 bridgehead atoms. The number of amides is 2. The zero-order chi connectivity index (χ0) is 21.6. The number of nitrogens with one attached hydrogen (secondary N) is 1. The summed E-state index contributed by atoms with van der Waals surface area (Å²) in [4.78, 5) is 28.8. The summed E-state index contributed by atoms with van der Waals surface area (Å²) in [6, 6.07) is 15.2. The first-order chi connectivity index (χ1) is 15.1. The molecule has 8 heteroatoms. The molecule has 4 rings (SSSR count). The Kier molecular flexibility index (Phi) is 6.37. The van der Waals surface area contributed by atoms with Crippen LogP contribution in [0.15, 0.2) is 67.0 Å². The highest BCUT2D eigenvalue weighted by atomic mass is 19.1. The molecule has 0 saturated carbocycles. The van der Waals surface area contributed by atoms with Crippen molar-refractivity contribution in [3.05, 3.63) is 83.9 Å². The number of hydrogen-bond acceptors (Lipinski definition) is 4. The van der Waals surface area contributed by atoms with Crippen molar-refractivity contribution in [3.8, 4) is 0 Å². The summed E-state index contributed by atoms with van der Waals surface area (Å²) in [6.45, 7) is 3.29. The van der Waals surface area contributed by atoms with Crippen LogP contribution in [0.4, 0.5) is 10.1 Å². The van der Waals surface area contributed by atoms with Crippen molar-refractivity contribution in [3.63, 3.8) is 0 Å². The van der Waals surface area contributed by atoms with Gasteiger partial charge in [0.2, 0.25) is 5.91 Å². The number of carbonyl (C=O) groups is 2. The molecule has 0 spiro atoms. The van der Waals surface area contributed by atoms with Gasteiger partial charge in [-0.2, -0.15) is 5.10 Å². The Bertz CT molecular complexity index is 1010. The van der Waals surface area contributed by atoms with Gasteiger partial charge in [-0.05, 0) is 48.0 Å². The molecule has 0 atom stereocenters. The third-order valence-electron chi connectivity index (χ3n) is 5.26. The van der Waals surface area contributed by atoms with Gasteiger partial charge in [0.25, 0.3) is 5.91 Å². The molecule has 0 radical (unpaired) electrons. The van der Waals surface area contributed by atoms with E-state index in [1.807, 2.05) is 51.0 Å². The minimum atomic E-state index is -0.341. The maximum absolute atomic E-state index is 13.0. The van der Waals surface area contributed by atoms with E-state index in [2.05, 4.69) is 10.4 Å². The molecule has 1 aliphatic heterocycles. The zero-order valence-corrected chi connectivity index (χ0v) is 17.1. The monoisotopic (exact) mass is 421 g/mol. The Morgan fingerprint density at radius 2 is 1.68 bits per heavy atom. The second kappa shape index (κ2) is 9.53.